The van der Waals surface area contributed by atoms with Crippen LogP contribution >= 0.6 is 11.3 Å². The van der Waals surface area contributed by atoms with Crippen LogP contribution in [-0.2, 0) is 4.79 Å². The lowest BCUT2D eigenvalue weighted by Gasteiger charge is -2.28. The van der Waals surface area contributed by atoms with Gasteiger partial charge < -0.3 is 5.11 Å². The zero-order chi connectivity index (χ0) is 12.6. The second-order valence-corrected chi connectivity index (χ2v) is 6.23. The van der Waals surface area contributed by atoms with Crippen LogP contribution in [0.4, 0.5) is 0 Å². The van der Waals surface area contributed by atoms with Crippen LogP contribution in [-0.4, -0.2) is 28.6 Å². The maximum absolute atomic E-state index is 11.3. The van der Waals surface area contributed by atoms with Crippen molar-refractivity contribution in [2.45, 2.75) is 39.3 Å². The number of carboxylic acid groups (broad SMARTS) is 1. The first kappa shape index (κ1) is 12.6. The van der Waals surface area contributed by atoms with Crippen molar-refractivity contribution in [2.75, 3.05) is 6.54 Å². The third-order valence-electron chi connectivity index (χ3n) is 3.66. The molecule has 0 aliphatic carbocycles. The molecular formula is C13H19NO2S. The van der Waals surface area contributed by atoms with Crippen molar-refractivity contribution >= 4 is 17.3 Å². The van der Waals surface area contributed by atoms with Crippen molar-refractivity contribution < 1.29 is 9.90 Å². The normalized spacial score (nSPS) is 27.2. The van der Waals surface area contributed by atoms with Gasteiger partial charge >= 0.3 is 5.97 Å². The van der Waals surface area contributed by atoms with Gasteiger partial charge in [-0.1, -0.05) is 6.92 Å². The van der Waals surface area contributed by atoms with E-state index in [0.29, 0.717) is 0 Å². The van der Waals surface area contributed by atoms with Crippen molar-refractivity contribution in [3.05, 3.63) is 21.9 Å². The van der Waals surface area contributed by atoms with Gasteiger partial charge in [-0.3, -0.25) is 9.69 Å². The van der Waals surface area contributed by atoms with E-state index in [0.717, 1.165) is 13.0 Å². The van der Waals surface area contributed by atoms with Gasteiger partial charge in [-0.05, 0) is 44.9 Å². The molecule has 4 heteroatoms. The number of aliphatic carboxylic acids is 1. The minimum absolute atomic E-state index is 0.208. The van der Waals surface area contributed by atoms with Crippen LogP contribution in [0.25, 0.3) is 0 Å². The van der Waals surface area contributed by atoms with Crippen LogP contribution in [0.5, 0.6) is 0 Å². The summed E-state index contributed by atoms with van der Waals surface area (Å²) in [6, 6.07) is 4.10. The van der Waals surface area contributed by atoms with Gasteiger partial charge in [0.2, 0.25) is 0 Å². The molecule has 3 nitrogen and oxygen atoms in total. The van der Waals surface area contributed by atoms with E-state index in [1.54, 1.807) is 11.3 Å². The van der Waals surface area contributed by atoms with Crippen LogP contribution < -0.4 is 0 Å². The Balaban J connectivity index is 2.19. The van der Waals surface area contributed by atoms with Crippen LogP contribution in [0.1, 0.15) is 36.1 Å². The summed E-state index contributed by atoms with van der Waals surface area (Å²) in [6.07, 6.45) is 0.978. The Bertz CT molecular complexity index is 415. The van der Waals surface area contributed by atoms with Gasteiger partial charge in [-0.25, -0.2) is 0 Å². The van der Waals surface area contributed by atoms with Crippen LogP contribution in [0.15, 0.2) is 12.1 Å². The maximum Gasteiger partial charge on any atom is 0.321 e. The number of hydrogen-bond donors (Lipinski definition) is 1. The second kappa shape index (κ2) is 4.78. The summed E-state index contributed by atoms with van der Waals surface area (Å²) in [6.45, 7) is 7.11. The Morgan fingerprint density at radius 1 is 1.59 bits per heavy atom. The summed E-state index contributed by atoms with van der Waals surface area (Å²) in [5.74, 6) is -0.439. The summed E-state index contributed by atoms with van der Waals surface area (Å²) in [7, 11) is 0. The molecule has 0 amide bonds. The Morgan fingerprint density at radius 2 is 2.29 bits per heavy atom. The number of aryl methyl sites for hydroxylation is 1. The Kier molecular flexibility index (Phi) is 3.54. The molecule has 1 N–H and O–H groups in total. The topological polar surface area (TPSA) is 40.5 Å². The molecule has 3 atom stereocenters. The zero-order valence-electron chi connectivity index (χ0n) is 10.5. The van der Waals surface area contributed by atoms with E-state index >= 15 is 0 Å². The highest BCUT2D eigenvalue weighted by molar-refractivity contribution is 7.12. The predicted molar refractivity (Wildman–Crippen MR) is 69.4 cm³/mol. The third-order valence-corrected chi connectivity index (χ3v) is 4.83. The highest BCUT2D eigenvalue weighted by Crippen LogP contribution is 2.35. The molecule has 0 saturated carbocycles. The molecule has 1 fully saturated rings. The van der Waals surface area contributed by atoms with Gasteiger partial charge in [0.1, 0.15) is 6.04 Å². The highest BCUT2D eigenvalue weighted by atomic mass is 32.1. The standard InChI is InChI=1S/C13H19NO2S/c1-8-6-7-14(12(8)13(15)16)10(3)11-5-4-9(2)17-11/h4-5,8,10,12H,6-7H2,1-3H3,(H,15,16). The molecule has 1 aromatic heterocycles. The van der Waals surface area contributed by atoms with Crippen molar-refractivity contribution in [3.63, 3.8) is 0 Å². The largest absolute Gasteiger partial charge is 0.480 e. The first-order valence-corrected chi connectivity index (χ1v) is 6.87. The zero-order valence-corrected chi connectivity index (χ0v) is 11.3. The highest BCUT2D eigenvalue weighted by Gasteiger charge is 2.39. The average Bonchev–Trinajstić information content (AvgIpc) is 2.83. The van der Waals surface area contributed by atoms with E-state index in [4.69, 9.17) is 0 Å². The van der Waals surface area contributed by atoms with Crippen LogP contribution in [0, 0.1) is 12.8 Å². The van der Waals surface area contributed by atoms with Crippen LogP contribution in [0.3, 0.4) is 0 Å². The molecule has 1 aliphatic rings. The Labute approximate surface area is 106 Å². The summed E-state index contributed by atoms with van der Waals surface area (Å²) in [5, 5.41) is 9.32. The van der Waals surface area contributed by atoms with Crippen molar-refractivity contribution in [1.29, 1.82) is 0 Å². The quantitative estimate of drug-likeness (QED) is 0.900. The van der Waals surface area contributed by atoms with E-state index in [1.807, 2.05) is 6.92 Å². The second-order valence-electron chi connectivity index (χ2n) is 4.91. The van der Waals surface area contributed by atoms with E-state index < -0.39 is 5.97 Å². The van der Waals surface area contributed by atoms with Crippen LogP contribution in [0.2, 0.25) is 0 Å². The number of hydrogen-bond acceptors (Lipinski definition) is 3. The van der Waals surface area contributed by atoms with E-state index in [-0.39, 0.29) is 18.0 Å². The number of carbonyl (C=O) groups is 1. The van der Waals surface area contributed by atoms with Gasteiger partial charge in [0.25, 0.3) is 0 Å². The maximum atomic E-state index is 11.3. The molecule has 1 saturated heterocycles. The summed E-state index contributed by atoms with van der Waals surface area (Å²) in [5.41, 5.74) is 0. The molecule has 17 heavy (non-hydrogen) atoms. The minimum Gasteiger partial charge on any atom is -0.480 e. The van der Waals surface area contributed by atoms with Gasteiger partial charge in [0.15, 0.2) is 0 Å². The molecule has 0 radical (unpaired) electrons. The van der Waals surface area contributed by atoms with E-state index in [9.17, 15) is 9.90 Å². The van der Waals surface area contributed by atoms with E-state index in [2.05, 4.69) is 30.9 Å². The van der Waals surface area contributed by atoms with Gasteiger partial charge in [-0.2, -0.15) is 0 Å². The summed E-state index contributed by atoms with van der Waals surface area (Å²) in [4.78, 5) is 16.0. The van der Waals surface area contributed by atoms with Gasteiger partial charge in [0.05, 0.1) is 0 Å². The molecule has 1 aliphatic heterocycles. The Hall–Kier alpha value is -0.870. The van der Waals surface area contributed by atoms with Crippen molar-refractivity contribution in [3.8, 4) is 0 Å². The summed E-state index contributed by atoms with van der Waals surface area (Å²) >= 11 is 1.76. The molecule has 1 aromatic rings. The molecule has 0 spiro atoms. The SMILES string of the molecule is Cc1ccc(C(C)N2CCC(C)C2C(=O)O)s1. The van der Waals surface area contributed by atoms with Gasteiger partial charge in [0, 0.05) is 15.8 Å². The lowest BCUT2D eigenvalue weighted by Crippen LogP contribution is -2.40. The number of carboxylic acids is 1. The molecule has 0 aromatic carbocycles. The first-order valence-electron chi connectivity index (χ1n) is 6.05. The number of likely N-dealkylation sites (tertiary alicyclic amines) is 1. The molecule has 94 valence electrons. The number of thiophene rings is 1. The fourth-order valence-electron chi connectivity index (χ4n) is 2.64. The van der Waals surface area contributed by atoms with E-state index in [1.165, 1.54) is 9.75 Å². The molecule has 2 heterocycles. The monoisotopic (exact) mass is 253 g/mol. The smallest absolute Gasteiger partial charge is 0.321 e. The van der Waals surface area contributed by atoms with Crippen molar-refractivity contribution in [1.82, 2.24) is 4.90 Å². The minimum atomic E-state index is -0.685. The molecule has 3 unspecified atom stereocenters. The van der Waals surface area contributed by atoms with Gasteiger partial charge in [-0.15, -0.1) is 11.3 Å². The van der Waals surface area contributed by atoms with Crippen molar-refractivity contribution in [2.24, 2.45) is 5.92 Å². The molecule has 0 bridgehead atoms. The lowest BCUT2D eigenvalue weighted by atomic mass is 10.0. The number of nitrogens with zero attached hydrogens (tertiary/aromatic N) is 1. The average molecular weight is 253 g/mol. The first-order chi connectivity index (χ1) is 8.00. The number of rotatable bonds is 3. The fraction of sp³-hybridized carbons (Fsp3) is 0.615. The Morgan fingerprint density at radius 3 is 2.82 bits per heavy atom. The summed E-state index contributed by atoms with van der Waals surface area (Å²) < 4.78 is 0. The molecule has 2 rings (SSSR count). The lowest BCUT2D eigenvalue weighted by molar-refractivity contribution is -0.144. The third kappa shape index (κ3) is 2.38. The fourth-order valence-corrected chi connectivity index (χ4v) is 3.59. The molecular weight excluding hydrogens is 234 g/mol. The predicted octanol–water partition coefficient (Wildman–Crippen LogP) is 2.91.